The van der Waals surface area contributed by atoms with Crippen LogP contribution >= 0.6 is 0 Å². The Kier molecular flexibility index (Phi) is 1.74. The molecule has 0 unspecified atom stereocenters. The summed E-state index contributed by atoms with van der Waals surface area (Å²) in [5.41, 5.74) is 2.27. The van der Waals surface area contributed by atoms with Gasteiger partial charge in [-0.15, -0.1) is 0 Å². The molecule has 0 spiro atoms. The molecule has 0 radical (unpaired) electrons. The van der Waals surface area contributed by atoms with Crippen LogP contribution in [0, 0.1) is 5.92 Å². The van der Waals surface area contributed by atoms with Crippen molar-refractivity contribution in [3.63, 3.8) is 0 Å². The average molecular weight is 139 g/mol. The lowest BCUT2D eigenvalue weighted by Gasteiger charge is -2.20. The average Bonchev–Trinajstić information content (AvgIpc) is 1.82. The molecule has 0 aromatic carbocycles. The lowest BCUT2D eigenvalue weighted by molar-refractivity contribution is 0.365. The largest absolute Gasteiger partial charge is 0.188 e. The van der Waals surface area contributed by atoms with Gasteiger partial charge in [0.1, 0.15) is 0 Å². The zero-order chi connectivity index (χ0) is 7.72. The van der Waals surface area contributed by atoms with E-state index < -0.39 is 0 Å². The smallest absolute Gasteiger partial charge is 0.0495 e. The van der Waals surface area contributed by atoms with Crippen LogP contribution in [-0.2, 0) is 0 Å². The molecule has 3 nitrogen and oxygen atoms in total. The molecule has 0 aromatic rings. The first-order chi connectivity index (χ1) is 4.61. The Morgan fingerprint density at radius 3 is 2.00 bits per heavy atom. The van der Waals surface area contributed by atoms with E-state index in [2.05, 4.69) is 17.1 Å². The van der Waals surface area contributed by atoms with Gasteiger partial charge in [0.15, 0.2) is 0 Å². The third-order valence-corrected chi connectivity index (χ3v) is 1.86. The minimum atomic E-state index is 0.413. The molecule has 56 valence electrons. The van der Waals surface area contributed by atoms with Gasteiger partial charge in [0.25, 0.3) is 0 Å². The van der Waals surface area contributed by atoms with Gasteiger partial charge in [-0.2, -0.15) is 15.3 Å². The van der Waals surface area contributed by atoms with E-state index in [9.17, 15) is 0 Å². The van der Waals surface area contributed by atoms with Gasteiger partial charge >= 0.3 is 0 Å². The highest BCUT2D eigenvalue weighted by atomic mass is 15.7. The van der Waals surface area contributed by atoms with E-state index >= 15 is 0 Å². The summed E-state index contributed by atoms with van der Waals surface area (Å²) in [4.78, 5) is 0. The van der Waals surface area contributed by atoms with Gasteiger partial charge in [-0.25, -0.2) is 0 Å². The molecule has 1 heterocycles. The van der Waals surface area contributed by atoms with E-state index in [1.807, 2.05) is 20.9 Å². The molecule has 0 atom stereocenters. The fourth-order valence-corrected chi connectivity index (χ4v) is 0.954. The Hall–Kier alpha value is -0.860. The van der Waals surface area contributed by atoms with Crippen LogP contribution < -0.4 is 0 Å². The molecule has 0 N–H and O–H groups in total. The molecule has 0 fully saturated rings. The minimum absolute atomic E-state index is 0.413. The topological polar surface area (TPSA) is 28.0 Å². The van der Waals surface area contributed by atoms with Crippen LogP contribution in [0.4, 0.5) is 0 Å². The molecule has 0 aromatic heterocycles. The zero-order valence-corrected chi connectivity index (χ0v) is 6.92. The second-order valence-electron chi connectivity index (χ2n) is 2.69. The maximum Gasteiger partial charge on any atom is 0.0495 e. The van der Waals surface area contributed by atoms with Crippen LogP contribution in [0.15, 0.2) is 10.2 Å². The summed E-state index contributed by atoms with van der Waals surface area (Å²) >= 11 is 0. The lowest BCUT2D eigenvalue weighted by Crippen LogP contribution is -2.25. The molecule has 1 aliphatic rings. The van der Waals surface area contributed by atoms with Gasteiger partial charge < -0.3 is 0 Å². The van der Waals surface area contributed by atoms with Crippen molar-refractivity contribution in [1.82, 2.24) is 5.12 Å². The van der Waals surface area contributed by atoms with Crippen molar-refractivity contribution in [1.29, 1.82) is 0 Å². The number of hydrazone groups is 2. The van der Waals surface area contributed by atoms with Gasteiger partial charge in [0.05, 0.1) is 0 Å². The van der Waals surface area contributed by atoms with Crippen molar-refractivity contribution in [3.05, 3.63) is 0 Å². The Balaban J connectivity index is 2.83. The Bertz CT molecular complexity index is 173. The molecule has 0 saturated carbocycles. The molecule has 0 saturated heterocycles. The SMILES string of the molecule is CC1=NN(C)N=C(C)C1C. The maximum absolute atomic E-state index is 4.18. The van der Waals surface area contributed by atoms with Crippen molar-refractivity contribution in [2.75, 3.05) is 7.05 Å². The van der Waals surface area contributed by atoms with Crippen LogP contribution in [0.2, 0.25) is 0 Å². The van der Waals surface area contributed by atoms with Crippen molar-refractivity contribution in [2.45, 2.75) is 20.8 Å². The van der Waals surface area contributed by atoms with Crippen LogP contribution in [-0.4, -0.2) is 23.6 Å². The monoisotopic (exact) mass is 139 g/mol. The number of rotatable bonds is 0. The summed E-state index contributed by atoms with van der Waals surface area (Å²) in [6.07, 6.45) is 0. The highest BCUT2D eigenvalue weighted by molar-refractivity contribution is 6.05. The van der Waals surface area contributed by atoms with Crippen LogP contribution in [0.25, 0.3) is 0 Å². The molecule has 0 amide bonds. The second kappa shape index (κ2) is 2.40. The standard InChI is InChI=1S/C7H13N3/c1-5-6(2)8-10(4)9-7(5)3/h5H,1-4H3. The normalized spacial score (nSPS) is 20.6. The van der Waals surface area contributed by atoms with Crippen molar-refractivity contribution >= 4 is 11.4 Å². The van der Waals surface area contributed by atoms with E-state index in [4.69, 9.17) is 0 Å². The Morgan fingerprint density at radius 2 is 1.60 bits per heavy atom. The molecule has 0 bridgehead atoms. The van der Waals surface area contributed by atoms with Crippen LogP contribution in [0.3, 0.4) is 0 Å². The van der Waals surface area contributed by atoms with E-state index in [0.717, 1.165) is 11.4 Å². The zero-order valence-electron chi connectivity index (χ0n) is 6.92. The van der Waals surface area contributed by atoms with Crippen LogP contribution in [0.5, 0.6) is 0 Å². The van der Waals surface area contributed by atoms with Gasteiger partial charge in [0, 0.05) is 24.4 Å². The predicted molar refractivity (Wildman–Crippen MR) is 43.1 cm³/mol. The number of hydrogen-bond donors (Lipinski definition) is 0. The second-order valence-corrected chi connectivity index (χ2v) is 2.69. The molecule has 10 heavy (non-hydrogen) atoms. The van der Waals surface area contributed by atoms with E-state index in [0.29, 0.717) is 5.92 Å². The maximum atomic E-state index is 4.18. The van der Waals surface area contributed by atoms with Gasteiger partial charge in [0.2, 0.25) is 0 Å². The first-order valence-electron chi connectivity index (χ1n) is 3.45. The van der Waals surface area contributed by atoms with Crippen molar-refractivity contribution in [3.8, 4) is 0 Å². The van der Waals surface area contributed by atoms with E-state index in [1.54, 1.807) is 5.12 Å². The fourth-order valence-electron chi connectivity index (χ4n) is 0.954. The third-order valence-electron chi connectivity index (χ3n) is 1.86. The summed E-state index contributed by atoms with van der Waals surface area (Å²) in [6, 6.07) is 0. The lowest BCUT2D eigenvalue weighted by atomic mass is 10.0. The molecular weight excluding hydrogens is 126 g/mol. The summed E-state index contributed by atoms with van der Waals surface area (Å²) in [5.74, 6) is 0.413. The Labute approximate surface area is 61.4 Å². The summed E-state index contributed by atoms with van der Waals surface area (Å²) < 4.78 is 0. The highest BCUT2D eigenvalue weighted by Crippen LogP contribution is 2.09. The summed E-state index contributed by atoms with van der Waals surface area (Å²) in [5, 5.41) is 9.97. The third kappa shape index (κ3) is 1.17. The quantitative estimate of drug-likeness (QED) is 0.497. The molecule has 3 heteroatoms. The van der Waals surface area contributed by atoms with Gasteiger partial charge in [-0.3, -0.25) is 0 Å². The Morgan fingerprint density at radius 1 is 1.20 bits per heavy atom. The highest BCUT2D eigenvalue weighted by Gasteiger charge is 2.14. The number of nitrogens with zero attached hydrogens (tertiary/aromatic N) is 3. The predicted octanol–water partition coefficient (Wildman–Crippen LogP) is 1.32. The summed E-state index contributed by atoms with van der Waals surface area (Å²) in [7, 11) is 1.85. The number of hydrogen-bond acceptors (Lipinski definition) is 3. The van der Waals surface area contributed by atoms with Crippen molar-refractivity contribution in [2.24, 2.45) is 16.1 Å². The molecule has 0 aliphatic carbocycles. The first kappa shape index (κ1) is 7.25. The molecular formula is C7H13N3. The van der Waals surface area contributed by atoms with Crippen LogP contribution in [0.1, 0.15) is 20.8 Å². The first-order valence-corrected chi connectivity index (χ1v) is 3.45. The fraction of sp³-hybridized carbons (Fsp3) is 0.714. The minimum Gasteiger partial charge on any atom is -0.188 e. The van der Waals surface area contributed by atoms with E-state index in [1.165, 1.54) is 0 Å². The van der Waals surface area contributed by atoms with Gasteiger partial charge in [-0.1, -0.05) is 6.92 Å². The molecule has 1 aliphatic heterocycles. The van der Waals surface area contributed by atoms with Gasteiger partial charge in [-0.05, 0) is 13.8 Å². The van der Waals surface area contributed by atoms with Crippen molar-refractivity contribution < 1.29 is 0 Å². The summed E-state index contributed by atoms with van der Waals surface area (Å²) in [6.45, 7) is 6.17. The van der Waals surface area contributed by atoms with E-state index in [-0.39, 0.29) is 0 Å². The molecule has 1 rings (SSSR count).